The van der Waals surface area contributed by atoms with Crippen molar-refractivity contribution in [2.24, 2.45) is 11.7 Å². The first-order valence-electron chi connectivity index (χ1n) is 6.99. The van der Waals surface area contributed by atoms with Crippen LogP contribution in [0.15, 0.2) is 6.20 Å². The van der Waals surface area contributed by atoms with E-state index < -0.39 is 0 Å². The maximum atomic E-state index is 11.7. The molecule has 6 heteroatoms. The molecule has 0 spiro atoms. The fourth-order valence-corrected chi connectivity index (χ4v) is 2.23. The molecule has 0 saturated heterocycles. The number of esters is 1. The SMILES string of the molecule is CCOC(=O)c1cnc(NC(C)(CN)C2CC2)nc1C. The lowest BCUT2D eigenvalue weighted by atomic mass is 9.96. The summed E-state index contributed by atoms with van der Waals surface area (Å²) in [5.74, 6) is 0.692. The minimum atomic E-state index is -0.389. The topological polar surface area (TPSA) is 90.1 Å². The highest BCUT2D eigenvalue weighted by atomic mass is 16.5. The van der Waals surface area contributed by atoms with E-state index in [2.05, 4.69) is 22.2 Å². The number of carbonyl (C=O) groups excluding carboxylic acids is 1. The summed E-state index contributed by atoms with van der Waals surface area (Å²) in [5, 5.41) is 3.31. The van der Waals surface area contributed by atoms with Gasteiger partial charge in [0.15, 0.2) is 0 Å². The molecule has 1 saturated carbocycles. The van der Waals surface area contributed by atoms with Crippen LogP contribution >= 0.6 is 0 Å². The zero-order valence-electron chi connectivity index (χ0n) is 12.3. The van der Waals surface area contributed by atoms with Gasteiger partial charge in [0.2, 0.25) is 5.95 Å². The lowest BCUT2D eigenvalue weighted by Crippen LogP contribution is -2.45. The van der Waals surface area contributed by atoms with Gasteiger partial charge >= 0.3 is 5.97 Å². The third-order valence-electron chi connectivity index (χ3n) is 3.77. The Labute approximate surface area is 119 Å². The van der Waals surface area contributed by atoms with E-state index in [1.165, 1.54) is 19.0 Å². The molecule has 1 aromatic heterocycles. The predicted octanol–water partition coefficient (Wildman–Crippen LogP) is 1.50. The lowest BCUT2D eigenvalue weighted by molar-refractivity contribution is 0.0524. The summed E-state index contributed by atoms with van der Waals surface area (Å²) in [6.07, 6.45) is 3.87. The van der Waals surface area contributed by atoms with E-state index in [-0.39, 0.29) is 11.5 Å². The Balaban J connectivity index is 2.14. The minimum absolute atomic E-state index is 0.183. The van der Waals surface area contributed by atoms with E-state index in [4.69, 9.17) is 10.5 Å². The van der Waals surface area contributed by atoms with E-state index in [1.807, 2.05) is 0 Å². The van der Waals surface area contributed by atoms with Gasteiger partial charge in [-0.15, -0.1) is 0 Å². The molecule has 1 aromatic rings. The van der Waals surface area contributed by atoms with Crippen LogP contribution in [0.3, 0.4) is 0 Å². The maximum Gasteiger partial charge on any atom is 0.341 e. The van der Waals surface area contributed by atoms with E-state index in [0.29, 0.717) is 36.3 Å². The number of aryl methyl sites for hydroxylation is 1. The van der Waals surface area contributed by atoms with Crippen molar-refractivity contribution < 1.29 is 9.53 Å². The molecule has 0 aliphatic heterocycles. The third kappa shape index (κ3) is 3.07. The van der Waals surface area contributed by atoms with E-state index in [1.54, 1.807) is 13.8 Å². The second kappa shape index (κ2) is 5.75. The molecular formula is C14H22N4O2. The van der Waals surface area contributed by atoms with Crippen molar-refractivity contribution in [1.29, 1.82) is 0 Å². The monoisotopic (exact) mass is 278 g/mol. The van der Waals surface area contributed by atoms with Gasteiger partial charge in [-0.1, -0.05) is 0 Å². The zero-order chi connectivity index (χ0) is 14.8. The van der Waals surface area contributed by atoms with E-state index >= 15 is 0 Å². The molecule has 3 N–H and O–H groups in total. The Morgan fingerprint density at radius 3 is 2.80 bits per heavy atom. The van der Waals surface area contributed by atoms with Crippen molar-refractivity contribution in [3.63, 3.8) is 0 Å². The maximum absolute atomic E-state index is 11.7. The normalized spacial score (nSPS) is 17.4. The number of anilines is 1. The summed E-state index contributed by atoms with van der Waals surface area (Å²) in [4.78, 5) is 20.2. The van der Waals surface area contributed by atoms with Gasteiger partial charge in [-0.25, -0.2) is 14.8 Å². The van der Waals surface area contributed by atoms with Crippen molar-refractivity contribution in [3.05, 3.63) is 17.5 Å². The molecule has 20 heavy (non-hydrogen) atoms. The molecule has 1 atom stereocenters. The van der Waals surface area contributed by atoms with Crippen molar-refractivity contribution in [2.75, 3.05) is 18.5 Å². The van der Waals surface area contributed by atoms with Gasteiger partial charge in [0.05, 0.1) is 23.4 Å². The molecule has 0 aromatic carbocycles. The molecule has 110 valence electrons. The van der Waals surface area contributed by atoms with Gasteiger partial charge in [0.25, 0.3) is 0 Å². The fourth-order valence-electron chi connectivity index (χ4n) is 2.23. The van der Waals surface area contributed by atoms with Crippen molar-refractivity contribution in [2.45, 2.75) is 39.2 Å². The second-order valence-corrected chi connectivity index (χ2v) is 5.43. The van der Waals surface area contributed by atoms with E-state index in [9.17, 15) is 4.79 Å². The van der Waals surface area contributed by atoms with Crippen molar-refractivity contribution >= 4 is 11.9 Å². The number of rotatable bonds is 6. The van der Waals surface area contributed by atoms with Gasteiger partial charge in [-0.2, -0.15) is 0 Å². The average Bonchev–Trinajstić information content (AvgIpc) is 3.23. The van der Waals surface area contributed by atoms with Crippen molar-refractivity contribution in [1.82, 2.24) is 9.97 Å². The summed E-state index contributed by atoms with van der Waals surface area (Å²) >= 11 is 0. The lowest BCUT2D eigenvalue weighted by Gasteiger charge is -2.29. The number of hydrogen-bond donors (Lipinski definition) is 2. The Bertz CT molecular complexity index is 502. The predicted molar refractivity (Wildman–Crippen MR) is 76.5 cm³/mol. The van der Waals surface area contributed by atoms with Crippen LogP contribution in [-0.4, -0.2) is 34.6 Å². The number of carbonyl (C=O) groups is 1. The van der Waals surface area contributed by atoms with Gasteiger partial charge in [-0.05, 0) is 39.5 Å². The molecule has 6 nitrogen and oxygen atoms in total. The van der Waals surface area contributed by atoms with Crippen molar-refractivity contribution in [3.8, 4) is 0 Å². The van der Waals surface area contributed by atoms with Crippen LogP contribution in [-0.2, 0) is 4.74 Å². The Kier molecular flexibility index (Phi) is 4.23. The first kappa shape index (κ1) is 14.7. The standard InChI is InChI=1S/C14H22N4O2/c1-4-20-12(19)11-7-16-13(17-9(11)2)18-14(3,8-15)10-5-6-10/h7,10H,4-6,8,15H2,1-3H3,(H,16,17,18). The minimum Gasteiger partial charge on any atom is -0.462 e. The first-order chi connectivity index (χ1) is 9.50. The summed E-state index contributed by atoms with van der Waals surface area (Å²) in [6.45, 7) is 6.50. The van der Waals surface area contributed by atoms with Crippen LogP contribution in [0, 0.1) is 12.8 Å². The average molecular weight is 278 g/mol. The summed E-state index contributed by atoms with van der Waals surface area (Å²) in [5.41, 5.74) is 6.69. The second-order valence-electron chi connectivity index (χ2n) is 5.43. The Morgan fingerprint density at radius 1 is 1.60 bits per heavy atom. The van der Waals surface area contributed by atoms with Gasteiger partial charge < -0.3 is 15.8 Å². The highest BCUT2D eigenvalue weighted by Crippen LogP contribution is 2.40. The number of nitrogens with zero attached hydrogens (tertiary/aromatic N) is 2. The van der Waals surface area contributed by atoms with Gasteiger partial charge in [0.1, 0.15) is 0 Å². The number of nitrogens with two attached hydrogens (primary N) is 1. The zero-order valence-corrected chi connectivity index (χ0v) is 12.3. The summed E-state index contributed by atoms with van der Waals surface area (Å²) < 4.78 is 4.96. The number of ether oxygens (including phenoxy) is 1. The molecular weight excluding hydrogens is 256 g/mol. The molecule has 0 amide bonds. The molecule has 1 unspecified atom stereocenters. The van der Waals surface area contributed by atoms with Crippen LogP contribution < -0.4 is 11.1 Å². The highest BCUT2D eigenvalue weighted by molar-refractivity contribution is 5.90. The smallest absolute Gasteiger partial charge is 0.341 e. The summed E-state index contributed by atoms with van der Waals surface area (Å²) in [7, 11) is 0. The summed E-state index contributed by atoms with van der Waals surface area (Å²) in [6, 6.07) is 0. The van der Waals surface area contributed by atoms with Gasteiger partial charge in [-0.3, -0.25) is 0 Å². The van der Waals surface area contributed by atoms with Crippen LogP contribution in [0.2, 0.25) is 0 Å². The largest absolute Gasteiger partial charge is 0.462 e. The fraction of sp³-hybridized carbons (Fsp3) is 0.643. The first-order valence-corrected chi connectivity index (χ1v) is 6.99. The molecule has 1 aliphatic rings. The Hall–Kier alpha value is -1.69. The molecule has 1 heterocycles. The van der Waals surface area contributed by atoms with E-state index in [0.717, 1.165) is 0 Å². The van der Waals surface area contributed by atoms with Gasteiger partial charge in [0, 0.05) is 12.7 Å². The van der Waals surface area contributed by atoms with Crippen LogP contribution in [0.4, 0.5) is 5.95 Å². The Morgan fingerprint density at radius 2 is 2.30 bits per heavy atom. The molecule has 1 aliphatic carbocycles. The molecule has 2 rings (SSSR count). The molecule has 0 bridgehead atoms. The highest BCUT2D eigenvalue weighted by Gasteiger charge is 2.41. The van der Waals surface area contributed by atoms with Crippen LogP contribution in [0.1, 0.15) is 42.7 Å². The quantitative estimate of drug-likeness (QED) is 0.766. The van der Waals surface area contributed by atoms with Crippen LogP contribution in [0.25, 0.3) is 0 Å². The third-order valence-corrected chi connectivity index (χ3v) is 3.77. The number of hydrogen-bond acceptors (Lipinski definition) is 6. The van der Waals surface area contributed by atoms with Crippen LogP contribution in [0.5, 0.6) is 0 Å². The number of aromatic nitrogens is 2. The molecule has 1 fully saturated rings. The molecule has 0 radical (unpaired) electrons. The number of nitrogens with one attached hydrogen (secondary N) is 1.